The van der Waals surface area contributed by atoms with Crippen LogP contribution in [0.15, 0.2) is 53.5 Å². The second-order valence-electron chi connectivity index (χ2n) is 7.39. The minimum atomic E-state index is -0.202. The van der Waals surface area contributed by atoms with Gasteiger partial charge in [0.1, 0.15) is 5.82 Å². The van der Waals surface area contributed by atoms with Crippen molar-refractivity contribution in [2.45, 2.75) is 6.54 Å². The van der Waals surface area contributed by atoms with Gasteiger partial charge in [0.25, 0.3) is 0 Å². The quantitative estimate of drug-likeness (QED) is 0.364. The Bertz CT molecular complexity index is 816. The lowest BCUT2D eigenvalue weighted by molar-refractivity contribution is 0.380. The molecule has 0 amide bonds. The Labute approximate surface area is 199 Å². The van der Waals surface area contributed by atoms with Gasteiger partial charge in [0.15, 0.2) is 5.96 Å². The van der Waals surface area contributed by atoms with E-state index in [1.54, 1.807) is 0 Å². The van der Waals surface area contributed by atoms with Gasteiger partial charge in [-0.3, -0.25) is 0 Å². The summed E-state index contributed by atoms with van der Waals surface area (Å²) in [6.07, 6.45) is 0. The third kappa shape index (κ3) is 5.94. The summed E-state index contributed by atoms with van der Waals surface area (Å²) in [5.41, 5.74) is 9.76. The maximum Gasteiger partial charge on any atom is 0.191 e. The summed E-state index contributed by atoms with van der Waals surface area (Å²) in [5.74, 6) is 2.81. The summed E-state index contributed by atoms with van der Waals surface area (Å²) in [5, 5.41) is 0. The maximum absolute atomic E-state index is 13.1. The van der Waals surface area contributed by atoms with Crippen molar-refractivity contribution in [3.8, 4) is 0 Å². The number of aliphatic imine (C=N–C) groups is 1. The van der Waals surface area contributed by atoms with Gasteiger partial charge in [-0.05, 0) is 42.0 Å². The molecule has 0 bridgehead atoms. The van der Waals surface area contributed by atoms with E-state index in [2.05, 4.69) is 44.0 Å². The molecule has 2 saturated heterocycles. The van der Waals surface area contributed by atoms with Crippen molar-refractivity contribution in [1.82, 2.24) is 4.90 Å². The standard InChI is InChI=1S/C22H28FN5S.HI/c23-19-3-7-21(8-4-19)26-9-11-28(12-10-26)22(24)25-17-18-1-5-20(6-2-18)27-13-15-29-16-14-27;/h1-8H,9-17H2,(H2,24,25);1H. The third-order valence-corrected chi connectivity index (χ3v) is 6.47. The van der Waals surface area contributed by atoms with Crippen molar-refractivity contribution in [1.29, 1.82) is 0 Å². The molecule has 2 aromatic rings. The van der Waals surface area contributed by atoms with E-state index in [1.165, 1.54) is 34.9 Å². The first-order valence-corrected chi connectivity index (χ1v) is 11.3. The lowest BCUT2D eigenvalue weighted by Crippen LogP contribution is -2.51. The summed E-state index contributed by atoms with van der Waals surface area (Å²) in [4.78, 5) is 11.4. The van der Waals surface area contributed by atoms with Crippen LogP contribution in [-0.4, -0.2) is 61.6 Å². The molecule has 2 aliphatic rings. The predicted octanol–water partition coefficient (Wildman–Crippen LogP) is 3.63. The molecule has 0 atom stereocenters. The Morgan fingerprint density at radius 2 is 1.37 bits per heavy atom. The van der Waals surface area contributed by atoms with Gasteiger partial charge in [-0.15, -0.1) is 24.0 Å². The van der Waals surface area contributed by atoms with Crippen molar-refractivity contribution >= 4 is 53.1 Å². The molecule has 0 aromatic heterocycles. The van der Waals surface area contributed by atoms with Gasteiger partial charge in [-0.2, -0.15) is 11.8 Å². The molecule has 4 rings (SSSR count). The van der Waals surface area contributed by atoms with E-state index >= 15 is 0 Å². The van der Waals surface area contributed by atoms with Crippen LogP contribution in [0.1, 0.15) is 5.56 Å². The smallest absolute Gasteiger partial charge is 0.191 e. The Morgan fingerprint density at radius 1 is 0.833 bits per heavy atom. The minimum Gasteiger partial charge on any atom is -0.370 e. The van der Waals surface area contributed by atoms with Crippen LogP contribution in [0, 0.1) is 5.82 Å². The van der Waals surface area contributed by atoms with Crippen LogP contribution in [0.5, 0.6) is 0 Å². The fourth-order valence-electron chi connectivity index (χ4n) is 3.75. The number of piperazine rings is 1. The lowest BCUT2D eigenvalue weighted by Gasteiger charge is -2.36. The molecule has 2 fully saturated rings. The number of nitrogens with zero attached hydrogens (tertiary/aromatic N) is 4. The minimum absolute atomic E-state index is 0. The number of guanidine groups is 1. The maximum atomic E-state index is 13.1. The van der Waals surface area contributed by atoms with E-state index < -0.39 is 0 Å². The summed E-state index contributed by atoms with van der Waals surface area (Å²) in [7, 11) is 0. The number of rotatable bonds is 4. The number of hydrogen-bond donors (Lipinski definition) is 1. The lowest BCUT2D eigenvalue weighted by atomic mass is 10.2. The molecule has 2 aromatic carbocycles. The first kappa shape index (κ1) is 23.0. The SMILES string of the molecule is I.NC(=NCc1ccc(N2CCSCC2)cc1)N1CCN(c2ccc(F)cc2)CC1. The highest BCUT2D eigenvalue weighted by molar-refractivity contribution is 14.0. The molecular formula is C22H29FIN5S. The number of thioether (sulfide) groups is 1. The fourth-order valence-corrected chi connectivity index (χ4v) is 4.65. The number of hydrogen-bond acceptors (Lipinski definition) is 4. The van der Waals surface area contributed by atoms with E-state index in [0.29, 0.717) is 12.5 Å². The van der Waals surface area contributed by atoms with Gasteiger partial charge >= 0.3 is 0 Å². The van der Waals surface area contributed by atoms with Gasteiger partial charge < -0.3 is 20.4 Å². The van der Waals surface area contributed by atoms with Crippen molar-refractivity contribution in [2.24, 2.45) is 10.7 Å². The van der Waals surface area contributed by atoms with Crippen molar-refractivity contribution < 1.29 is 4.39 Å². The Kier molecular flexibility index (Phi) is 8.50. The monoisotopic (exact) mass is 541 g/mol. The summed E-state index contributed by atoms with van der Waals surface area (Å²) < 4.78 is 13.1. The Hall–Kier alpha value is -1.68. The normalized spacial score (nSPS) is 17.6. The molecule has 0 radical (unpaired) electrons. The van der Waals surface area contributed by atoms with Gasteiger partial charge in [0.2, 0.25) is 0 Å². The average Bonchev–Trinajstić information content (AvgIpc) is 2.79. The zero-order chi connectivity index (χ0) is 20.1. The largest absolute Gasteiger partial charge is 0.370 e. The van der Waals surface area contributed by atoms with Crippen LogP contribution in [0.2, 0.25) is 0 Å². The summed E-state index contributed by atoms with van der Waals surface area (Å²) in [6, 6.07) is 15.4. The molecule has 0 unspecified atom stereocenters. The van der Waals surface area contributed by atoms with Crippen molar-refractivity contribution in [2.75, 3.05) is 60.6 Å². The van der Waals surface area contributed by atoms with Crippen LogP contribution in [0.4, 0.5) is 15.8 Å². The molecule has 0 saturated carbocycles. The van der Waals surface area contributed by atoms with Gasteiger partial charge in [0, 0.05) is 62.1 Å². The summed E-state index contributed by atoms with van der Waals surface area (Å²) >= 11 is 2.02. The van der Waals surface area contributed by atoms with E-state index in [1.807, 2.05) is 23.9 Å². The Morgan fingerprint density at radius 3 is 1.97 bits per heavy atom. The molecule has 2 heterocycles. The van der Waals surface area contributed by atoms with Crippen molar-refractivity contribution in [3.05, 3.63) is 59.9 Å². The van der Waals surface area contributed by atoms with E-state index in [0.717, 1.165) is 45.0 Å². The molecular weight excluding hydrogens is 512 g/mol. The van der Waals surface area contributed by atoms with Crippen LogP contribution in [0.3, 0.4) is 0 Å². The second kappa shape index (κ2) is 11.1. The van der Waals surface area contributed by atoms with Crippen LogP contribution in [-0.2, 0) is 6.54 Å². The van der Waals surface area contributed by atoms with E-state index in [4.69, 9.17) is 5.73 Å². The highest BCUT2D eigenvalue weighted by Crippen LogP contribution is 2.20. The van der Waals surface area contributed by atoms with Crippen LogP contribution < -0.4 is 15.5 Å². The number of anilines is 2. The van der Waals surface area contributed by atoms with Crippen LogP contribution >= 0.6 is 35.7 Å². The first-order valence-electron chi connectivity index (χ1n) is 10.2. The van der Waals surface area contributed by atoms with E-state index in [9.17, 15) is 4.39 Å². The highest BCUT2D eigenvalue weighted by atomic mass is 127. The second-order valence-corrected chi connectivity index (χ2v) is 8.62. The van der Waals surface area contributed by atoms with Gasteiger partial charge in [-0.25, -0.2) is 9.38 Å². The summed E-state index contributed by atoms with van der Waals surface area (Å²) in [6.45, 7) is 6.19. The topological polar surface area (TPSA) is 48.1 Å². The molecule has 2 N–H and O–H groups in total. The molecule has 8 heteroatoms. The average molecular weight is 541 g/mol. The zero-order valence-electron chi connectivity index (χ0n) is 17.0. The molecule has 30 heavy (non-hydrogen) atoms. The van der Waals surface area contributed by atoms with Gasteiger partial charge in [-0.1, -0.05) is 12.1 Å². The molecule has 162 valence electrons. The zero-order valence-corrected chi connectivity index (χ0v) is 20.2. The first-order chi connectivity index (χ1) is 14.2. The molecule has 5 nitrogen and oxygen atoms in total. The molecule has 0 aliphatic carbocycles. The third-order valence-electron chi connectivity index (χ3n) is 5.53. The molecule has 2 aliphatic heterocycles. The van der Waals surface area contributed by atoms with Gasteiger partial charge in [0.05, 0.1) is 6.54 Å². The highest BCUT2D eigenvalue weighted by Gasteiger charge is 2.18. The number of nitrogens with two attached hydrogens (primary N) is 1. The number of halogens is 2. The molecule has 0 spiro atoms. The van der Waals surface area contributed by atoms with Crippen molar-refractivity contribution in [3.63, 3.8) is 0 Å². The number of benzene rings is 2. The van der Waals surface area contributed by atoms with Crippen LogP contribution in [0.25, 0.3) is 0 Å². The Balaban J connectivity index is 0.00000256. The fraction of sp³-hybridized carbons (Fsp3) is 0.409. The van der Waals surface area contributed by atoms with E-state index in [-0.39, 0.29) is 29.8 Å². The predicted molar refractivity (Wildman–Crippen MR) is 137 cm³/mol.